The first-order chi connectivity index (χ1) is 11.4. The number of esters is 1. The van der Waals surface area contributed by atoms with Crippen molar-refractivity contribution >= 4 is 27.6 Å². The number of carbonyl (C=O) groups excluding carboxylic acids is 1. The van der Waals surface area contributed by atoms with E-state index in [2.05, 4.69) is 0 Å². The highest BCUT2D eigenvalue weighted by molar-refractivity contribution is 6.11. The van der Waals surface area contributed by atoms with Gasteiger partial charge in [-0.15, -0.1) is 0 Å². The summed E-state index contributed by atoms with van der Waals surface area (Å²) in [7, 11) is 0. The zero-order valence-corrected chi connectivity index (χ0v) is 15.5. The Hall–Kier alpha value is -1.90. The van der Waals surface area contributed by atoms with Gasteiger partial charge in [0, 0.05) is 11.5 Å². The number of para-hydroxylation sites is 1. The van der Waals surface area contributed by atoms with Gasteiger partial charge in [0.2, 0.25) is 12.1 Å². The van der Waals surface area contributed by atoms with E-state index in [1.54, 1.807) is 55.5 Å². The summed E-state index contributed by atoms with van der Waals surface area (Å²) in [6, 6.07) is 13.7. The summed E-state index contributed by atoms with van der Waals surface area (Å²) in [5.41, 5.74) is 0.264. The van der Waals surface area contributed by atoms with Crippen molar-refractivity contribution in [2.24, 2.45) is 0 Å². The number of rotatable bonds is 3. The third-order valence-electron chi connectivity index (χ3n) is 3.74. The smallest absolute Gasteiger partial charge is 0.448 e. The molecule has 3 nitrogen and oxygen atoms in total. The summed E-state index contributed by atoms with van der Waals surface area (Å²) in [4.78, 5) is 12.4. The van der Waals surface area contributed by atoms with Gasteiger partial charge in [0.05, 0.1) is 17.4 Å². The number of ether oxygens (including phenoxy) is 1. The molecular formula is C18H15F3INO2. The SMILES string of the molecule is CCOC(=O)c1c2ccccc2c2ccccc2[n+]1CC(F)(F)F.[I-]. The van der Waals surface area contributed by atoms with Crippen LogP contribution in [0.4, 0.5) is 13.2 Å². The predicted octanol–water partition coefficient (Wildman–Crippen LogP) is 1.02. The lowest BCUT2D eigenvalue weighted by Crippen LogP contribution is -3.00. The Balaban J connectivity index is 0.00000225. The van der Waals surface area contributed by atoms with Crippen molar-refractivity contribution in [3.05, 3.63) is 54.2 Å². The van der Waals surface area contributed by atoms with E-state index in [-0.39, 0.29) is 36.3 Å². The van der Waals surface area contributed by atoms with E-state index in [1.165, 1.54) is 0 Å². The molecule has 0 bridgehead atoms. The fourth-order valence-corrected chi connectivity index (χ4v) is 2.89. The number of fused-ring (bicyclic) bond motifs is 3. The Morgan fingerprint density at radius 1 is 1.00 bits per heavy atom. The largest absolute Gasteiger partial charge is 1.00 e. The Morgan fingerprint density at radius 3 is 2.16 bits per heavy atom. The molecule has 132 valence electrons. The summed E-state index contributed by atoms with van der Waals surface area (Å²) >= 11 is 0. The minimum Gasteiger partial charge on any atom is -1.00 e. The van der Waals surface area contributed by atoms with Crippen LogP contribution in [0.1, 0.15) is 17.4 Å². The van der Waals surface area contributed by atoms with Crippen molar-refractivity contribution < 1.29 is 51.2 Å². The van der Waals surface area contributed by atoms with E-state index in [0.717, 1.165) is 9.95 Å². The molecule has 0 aliphatic carbocycles. The van der Waals surface area contributed by atoms with Crippen LogP contribution in [0.2, 0.25) is 0 Å². The van der Waals surface area contributed by atoms with Crippen LogP contribution in [0.3, 0.4) is 0 Å². The first-order valence-corrected chi connectivity index (χ1v) is 7.49. The third-order valence-corrected chi connectivity index (χ3v) is 3.74. The molecule has 2 aromatic carbocycles. The number of nitrogens with zero attached hydrogens (tertiary/aromatic N) is 1. The van der Waals surface area contributed by atoms with Crippen molar-refractivity contribution in [2.45, 2.75) is 19.6 Å². The average Bonchev–Trinajstić information content (AvgIpc) is 2.54. The quantitative estimate of drug-likeness (QED) is 0.253. The topological polar surface area (TPSA) is 30.2 Å². The molecule has 0 saturated heterocycles. The number of halogens is 4. The average molecular weight is 461 g/mol. The number of hydrogen-bond acceptors (Lipinski definition) is 2. The number of hydrogen-bond donors (Lipinski definition) is 0. The predicted molar refractivity (Wildman–Crippen MR) is 83.7 cm³/mol. The number of benzene rings is 2. The maximum absolute atomic E-state index is 13.1. The molecule has 0 saturated carbocycles. The number of pyridine rings is 1. The zero-order valence-electron chi connectivity index (χ0n) is 13.3. The minimum absolute atomic E-state index is 0. The fourth-order valence-electron chi connectivity index (χ4n) is 2.89. The van der Waals surface area contributed by atoms with Crippen molar-refractivity contribution in [1.82, 2.24) is 0 Å². The molecule has 0 N–H and O–H groups in total. The van der Waals surface area contributed by atoms with Gasteiger partial charge in [0.15, 0.2) is 0 Å². The molecule has 1 aromatic heterocycles. The van der Waals surface area contributed by atoms with E-state index in [0.29, 0.717) is 16.3 Å². The molecule has 0 aliphatic heterocycles. The second-order valence-corrected chi connectivity index (χ2v) is 5.33. The van der Waals surface area contributed by atoms with Gasteiger partial charge >= 0.3 is 12.1 Å². The van der Waals surface area contributed by atoms with Crippen molar-refractivity contribution in [3.8, 4) is 0 Å². The molecule has 1 heterocycles. The molecule has 0 radical (unpaired) electrons. The lowest BCUT2D eigenvalue weighted by atomic mass is 10.0. The highest BCUT2D eigenvalue weighted by Crippen LogP contribution is 2.27. The summed E-state index contributed by atoms with van der Waals surface area (Å²) in [6.07, 6.45) is -4.46. The van der Waals surface area contributed by atoms with Crippen LogP contribution in [0.25, 0.3) is 21.7 Å². The van der Waals surface area contributed by atoms with E-state index in [1.807, 2.05) is 0 Å². The minimum atomic E-state index is -4.46. The van der Waals surface area contributed by atoms with Crippen LogP contribution in [0, 0.1) is 0 Å². The first kappa shape index (κ1) is 19.4. The molecule has 0 amide bonds. The Morgan fingerprint density at radius 2 is 1.56 bits per heavy atom. The third kappa shape index (κ3) is 3.86. The van der Waals surface area contributed by atoms with Crippen LogP contribution >= 0.6 is 0 Å². The number of aromatic nitrogens is 1. The van der Waals surface area contributed by atoms with Gasteiger partial charge in [-0.1, -0.05) is 30.3 Å². The number of carbonyl (C=O) groups is 1. The summed E-state index contributed by atoms with van der Waals surface area (Å²) < 4.78 is 45.4. The van der Waals surface area contributed by atoms with Gasteiger partial charge in [0.25, 0.3) is 5.69 Å². The van der Waals surface area contributed by atoms with Crippen LogP contribution in [0.5, 0.6) is 0 Å². The van der Waals surface area contributed by atoms with Gasteiger partial charge in [0.1, 0.15) is 0 Å². The molecule has 3 aromatic rings. The molecular weight excluding hydrogens is 446 g/mol. The van der Waals surface area contributed by atoms with E-state index >= 15 is 0 Å². The maximum Gasteiger partial charge on any atom is 0.448 e. The molecule has 0 aliphatic rings. The molecule has 25 heavy (non-hydrogen) atoms. The van der Waals surface area contributed by atoms with Crippen molar-refractivity contribution in [2.75, 3.05) is 6.61 Å². The van der Waals surface area contributed by atoms with Gasteiger partial charge in [-0.05, 0) is 19.1 Å². The fraction of sp³-hybridized carbons (Fsp3) is 0.222. The van der Waals surface area contributed by atoms with Gasteiger partial charge in [-0.3, -0.25) is 0 Å². The lowest BCUT2D eigenvalue weighted by molar-refractivity contribution is -0.696. The summed E-state index contributed by atoms with van der Waals surface area (Å²) in [5.74, 6) is -0.760. The van der Waals surface area contributed by atoms with Gasteiger partial charge in [-0.2, -0.15) is 17.7 Å². The monoisotopic (exact) mass is 461 g/mol. The molecule has 0 spiro atoms. The highest BCUT2D eigenvalue weighted by Gasteiger charge is 2.39. The van der Waals surface area contributed by atoms with Crippen LogP contribution in [-0.2, 0) is 11.3 Å². The van der Waals surface area contributed by atoms with Crippen LogP contribution in [0.15, 0.2) is 48.5 Å². The first-order valence-electron chi connectivity index (χ1n) is 7.49. The summed E-state index contributed by atoms with van der Waals surface area (Å²) in [5, 5.41) is 1.82. The highest BCUT2D eigenvalue weighted by atomic mass is 127. The van der Waals surface area contributed by atoms with E-state index < -0.39 is 18.7 Å². The molecule has 3 rings (SSSR count). The standard InChI is InChI=1S/C18H15F3NO2.HI/c1-2-24-17(23)16-14-9-4-3-7-12(14)13-8-5-6-10-15(13)22(16)11-18(19,20)21;/h3-10H,2,11H2,1H3;1H/q+1;/p-1. The Kier molecular flexibility index (Phi) is 5.87. The van der Waals surface area contributed by atoms with E-state index in [9.17, 15) is 18.0 Å². The lowest BCUT2D eigenvalue weighted by Gasteiger charge is -2.12. The molecule has 0 atom stereocenters. The zero-order chi connectivity index (χ0) is 17.3. The molecule has 0 unspecified atom stereocenters. The second-order valence-electron chi connectivity index (χ2n) is 5.33. The van der Waals surface area contributed by atoms with Gasteiger partial charge in [-0.25, -0.2) is 4.79 Å². The van der Waals surface area contributed by atoms with Crippen molar-refractivity contribution in [1.29, 1.82) is 0 Å². The normalized spacial score (nSPS) is 11.4. The maximum atomic E-state index is 13.1. The Labute approximate surface area is 159 Å². The number of alkyl halides is 3. The second kappa shape index (κ2) is 7.55. The summed E-state index contributed by atoms with van der Waals surface area (Å²) in [6.45, 7) is 0.452. The molecule has 7 heteroatoms. The Bertz CT molecular complexity index is 925. The van der Waals surface area contributed by atoms with Crippen molar-refractivity contribution in [3.63, 3.8) is 0 Å². The van der Waals surface area contributed by atoms with Crippen LogP contribution in [-0.4, -0.2) is 18.8 Å². The van der Waals surface area contributed by atoms with E-state index in [4.69, 9.17) is 4.74 Å². The van der Waals surface area contributed by atoms with Crippen LogP contribution < -0.4 is 28.5 Å². The molecule has 0 fully saturated rings. The van der Waals surface area contributed by atoms with Gasteiger partial charge < -0.3 is 28.7 Å².